The van der Waals surface area contributed by atoms with Crippen LogP contribution in [0.4, 0.5) is 4.39 Å². The summed E-state index contributed by atoms with van der Waals surface area (Å²) in [5.74, 6) is -1.44. The number of hydrogen-bond donors (Lipinski definition) is 1. The van der Waals surface area contributed by atoms with E-state index in [9.17, 15) is 9.18 Å². The Labute approximate surface area is 53.0 Å². The minimum absolute atomic E-state index is 0.150. The van der Waals surface area contributed by atoms with E-state index in [1.165, 1.54) is 6.08 Å². The average Bonchev–Trinajstić information content (AvgIpc) is 1.65. The van der Waals surface area contributed by atoms with Crippen LogP contribution in [0.2, 0.25) is 0 Å². The maximum atomic E-state index is 12.5. The lowest BCUT2D eigenvalue weighted by Crippen LogP contribution is -2.28. The van der Waals surface area contributed by atoms with Gasteiger partial charge in [0.2, 0.25) is 5.67 Å². The van der Waals surface area contributed by atoms with Crippen LogP contribution in [0.3, 0.4) is 0 Å². The van der Waals surface area contributed by atoms with Gasteiger partial charge in [-0.05, 0) is 6.92 Å². The zero-order valence-corrected chi connectivity index (χ0v) is 5.22. The van der Waals surface area contributed by atoms with E-state index in [4.69, 9.17) is 5.11 Å². The summed E-state index contributed by atoms with van der Waals surface area (Å²) < 4.78 is 12.5. The predicted molar refractivity (Wildman–Crippen MR) is 32.0 cm³/mol. The topological polar surface area (TPSA) is 37.3 Å². The van der Waals surface area contributed by atoms with Crippen LogP contribution in [0.1, 0.15) is 13.3 Å². The first-order valence-corrected chi connectivity index (χ1v) is 2.54. The maximum Gasteiger partial charge on any atom is 0.341 e. The number of carboxylic acid groups (broad SMARTS) is 1. The summed E-state index contributed by atoms with van der Waals surface area (Å²) >= 11 is 0. The van der Waals surface area contributed by atoms with Gasteiger partial charge in [-0.3, -0.25) is 0 Å². The lowest BCUT2D eigenvalue weighted by Gasteiger charge is -2.10. The molecular weight excluding hydrogens is 123 g/mol. The van der Waals surface area contributed by atoms with Gasteiger partial charge >= 0.3 is 5.97 Å². The lowest BCUT2D eigenvalue weighted by atomic mass is 10.1. The van der Waals surface area contributed by atoms with E-state index in [0.717, 1.165) is 6.92 Å². The first kappa shape index (κ1) is 8.14. The van der Waals surface area contributed by atoms with Gasteiger partial charge in [-0.25, -0.2) is 9.18 Å². The second-order valence-corrected chi connectivity index (χ2v) is 2.00. The van der Waals surface area contributed by atoms with E-state index >= 15 is 0 Å². The number of allylic oxidation sites excluding steroid dienone is 1. The van der Waals surface area contributed by atoms with Crippen LogP contribution in [0, 0.1) is 0 Å². The summed E-state index contributed by atoms with van der Waals surface area (Å²) in [5, 5.41) is 8.15. The average molecular weight is 132 g/mol. The Morgan fingerprint density at radius 3 is 2.56 bits per heavy atom. The molecule has 2 nitrogen and oxygen atoms in total. The zero-order valence-electron chi connectivity index (χ0n) is 5.22. The summed E-state index contributed by atoms with van der Waals surface area (Å²) in [7, 11) is 0. The smallest absolute Gasteiger partial charge is 0.341 e. The van der Waals surface area contributed by atoms with E-state index in [1.54, 1.807) is 0 Å². The van der Waals surface area contributed by atoms with Crippen molar-refractivity contribution < 1.29 is 14.3 Å². The number of carboxylic acids is 1. The van der Waals surface area contributed by atoms with E-state index < -0.39 is 11.6 Å². The van der Waals surface area contributed by atoms with Gasteiger partial charge in [0.05, 0.1) is 0 Å². The summed E-state index contributed by atoms with van der Waals surface area (Å²) in [5.41, 5.74) is -2.15. The molecule has 0 saturated heterocycles. The Hall–Kier alpha value is -0.860. The molecule has 3 heteroatoms. The fourth-order valence-corrected chi connectivity index (χ4v) is 0.358. The van der Waals surface area contributed by atoms with Crippen LogP contribution < -0.4 is 0 Å². The fraction of sp³-hybridized carbons (Fsp3) is 0.500. The van der Waals surface area contributed by atoms with Crippen molar-refractivity contribution in [3.63, 3.8) is 0 Å². The Kier molecular flexibility index (Phi) is 2.37. The molecule has 0 saturated carbocycles. The standard InChI is InChI=1S/C6H9FO2/c1-3-4-6(2,7)5(8)9/h3H,1,4H2,2H3,(H,8,9). The second kappa shape index (κ2) is 2.62. The van der Waals surface area contributed by atoms with Crippen LogP contribution in [0.5, 0.6) is 0 Å². The molecule has 0 heterocycles. The van der Waals surface area contributed by atoms with Crippen molar-refractivity contribution in [2.75, 3.05) is 0 Å². The van der Waals surface area contributed by atoms with Crippen molar-refractivity contribution in [2.24, 2.45) is 0 Å². The van der Waals surface area contributed by atoms with Crippen molar-refractivity contribution >= 4 is 5.97 Å². The molecule has 0 aliphatic heterocycles. The largest absolute Gasteiger partial charge is 0.479 e. The molecule has 0 aliphatic rings. The minimum atomic E-state index is -2.15. The normalized spacial score (nSPS) is 16.2. The van der Waals surface area contributed by atoms with Crippen molar-refractivity contribution in [1.82, 2.24) is 0 Å². The highest BCUT2D eigenvalue weighted by molar-refractivity contribution is 5.76. The highest BCUT2D eigenvalue weighted by atomic mass is 19.1. The highest BCUT2D eigenvalue weighted by Crippen LogP contribution is 2.14. The SMILES string of the molecule is C=CCC(C)(F)C(=O)O. The van der Waals surface area contributed by atoms with Crippen molar-refractivity contribution in [2.45, 2.75) is 19.0 Å². The molecule has 1 unspecified atom stereocenters. The molecule has 1 N–H and O–H groups in total. The molecule has 52 valence electrons. The van der Waals surface area contributed by atoms with Crippen LogP contribution in [-0.4, -0.2) is 16.7 Å². The third kappa shape index (κ3) is 2.26. The maximum absolute atomic E-state index is 12.5. The molecule has 0 aromatic rings. The first-order chi connectivity index (χ1) is 4.00. The third-order valence-corrected chi connectivity index (χ3v) is 0.974. The van der Waals surface area contributed by atoms with Gasteiger partial charge in [0.1, 0.15) is 0 Å². The molecule has 0 rings (SSSR count). The molecule has 0 aliphatic carbocycles. The molecule has 1 atom stereocenters. The van der Waals surface area contributed by atoms with Crippen molar-refractivity contribution in [3.05, 3.63) is 12.7 Å². The molecule has 0 fully saturated rings. The van der Waals surface area contributed by atoms with E-state index in [1.807, 2.05) is 0 Å². The number of carbonyl (C=O) groups is 1. The number of aliphatic carboxylic acids is 1. The molecule has 0 aromatic heterocycles. The summed E-state index contributed by atoms with van der Waals surface area (Å²) in [6.45, 7) is 4.24. The highest BCUT2D eigenvalue weighted by Gasteiger charge is 2.30. The van der Waals surface area contributed by atoms with Crippen LogP contribution in [-0.2, 0) is 4.79 Å². The summed E-state index contributed by atoms with van der Waals surface area (Å²) in [6.07, 6.45) is 1.09. The van der Waals surface area contributed by atoms with Gasteiger partial charge in [0.15, 0.2) is 0 Å². The Balaban J connectivity index is 4.00. The predicted octanol–water partition coefficient (Wildman–Crippen LogP) is 1.38. The zero-order chi connectivity index (χ0) is 7.49. The number of rotatable bonds is 3. The molecule has 9 heavy (non-hydrogen) atoms. The van der Waals surface area contributed by atoms with Gasteiger partial charge < -0.3 is 5.11 Å². The van der Waals surface area contributed by atoms with Crippen LogP contribution >= 0.6 is 0 Å². The van der Waals surface area contributed by atoms with Crippen molar-refractivity contribution in [1.29, 1.82) is 0 Å². The van der Waals surface area contributed by atoms with E-state index in [-0.39, 0.29) is 6.42 Å². The number of alkyl halides is 1. The summed E-state index contributed by atoms with van der Waals surface area (Å²) in [4.78, 5) is 9.99. The Morgan fingerprint density at radius 1 is 2.00 bits per heavy atom. The number of halogens is 1. The molecular formula is C6H9FO2. The molecule has 0 radical (unpaired) electrons. The lowest BCUT2D eigenvalue weighted by molar-refractivity contribution is -0.149. The molecule has 0 spiro atoms. The van der Waals surface area contributed by atoms with Gasteiger partial charge in [-0.2, -0.15) is 0 Å². The van der Waals surface area contributed by atoms with Crippen LogP contribution in [0.25, 0.3) is 0 Å². The minimum Gasteiger partial charge on any atom is -0.479 e. The van der Waals surface area contributed by atoms with E-state index in [0.29, 0.717) is 0 Å². The first-order valence-electron chi connectivity index (χ1n) is 2.54. The van der Waals surface area contributed by atoms with Crippen LogP contribution in [0.15, 0.2) is 12.7 Å². The fourth-order valence-electron chi connectivity index (χ4n) is 0.358. The van der Waals surface area contributed by atoms with Gasteiger partial charge in [0, 0.05) is 6.42 Å². The third-order valence-electron chi connectivity index (χ3n) is 0.974. The Morgan fingerprint density at radius 2 is 2.44 bits per heavy atom. The van der Waals surface area contributed by atoms with E-state index in [2.05, 4.69) is 6.58 Å². The van der Waals surface area contributed by atoms with Gasteiger partial charge in [-0.15, -0.1) is 6.58 Å². The quantitative estimate of drug-likeness (QED) is 0.589. The monoisotopic (exact) mass is 132 g/mol. The molecule has 0 bridgehead atoms. The van der Waals surface area contributed by atoms with Gasteiger partial charge in [0.25, 0.3) is 0 Å². The molecule has 0 aromatic carbocycles. The molecule has 0 amide bonds. The summed E-state index contributed by atoms with van der Waals surface area (Å²) in [6, 6.07) is 0. The second-order valence-electron chi connectivity index (χ2n) is 2.00. The number of hydrogen-bond acceptors (Lipinski definition) is 1. The van der Waals surface area contributed by atoms with Gasteiger partial charge in [-0.1, -0.05) is 6.08 Å². The van der Waals surface area contributed by atoms with Crippen molar-refractivity contribution in [3.8, 4) is 0 Å². The Bertz CT molecular complexity index is 129.